The smallest absolute Gasteiger partial charge is 0.288 e. The number of nitrogens with zero attached hydrogens (tertiary/aromatic N) is 1. The molecule has 1 atom stereocenters. The summed E-state index contributed by atoms with van der Waals surface area (Å²) in [6.07, 6.45) is -3.37. The minimum absolute atomic E-state index is 0.0440. The van der Waals surface area contributed by atoms with Crippen LogP contribution < -0.4 is 0 Å². The van der Waals surface area contributed by atoms with Gasteiger partial charge in [0.15, 0.2) is 0 Å². The molecule has 1 nitrogen and oxygen atoms in total. The van der Waals surface area contributed by atoms with Gasteiger partial charge in [-0.05, 0) is 40.8 Å². The summed E-state index contributed by atoms with van der Waals surface area (Å²) < 4.78 is 38.9. The average Bonchev–Trinajstić information content (AvgIpc) is 2.68. The Balaban J connectivity index is 1.72. The second-order valence-electron chi connectivity index (χ2n) is 6.93. The van der Waals surface area contributed by atoms with Crippen molar-refractivity contribution in [2.24, 2.45) is 0 Å². The predicted molar refractivity (Wildman–Crippen MR) is 100 cm³/mol. The zero-order valence-electron chi connectivity index (χ0n) is 14.8. The van der Waals surface area contributed by atoms with E-state index < -0.39 is 11.7 Å². The topological polar surface area (TPSA) is 3.24 Å². The van der Waals surface area contributed by atoms with Gasteiger partial charge >= 0.3 is 6.18 Å². The second-order valence-corrected chi connectivity index (χ2v) is 6.93. The average molecular weight is 367 g/mol. The molecule has 0 saturated carbocycles. The van der Waals surface area contributed by atoms with E-state index in [0.29, 0.717) is 0 Å². The summed E-state index contributed by atoms with van der Waals surface area (Å²) in [6.45, 7) is 1.64. The molecule has 0 amide bonds. The summed E-state index contributed by atoms with van der Waals surface area (Å²) in [5.41, 5.74) is 3.94. The van der Waals surface area contributed by atoms with Gasteiger partial charge in [0.2, 0.25) is 0 Å². The molecule has 3 aromatic carbocycles. The largest absolute Gasteiger partial charge is 0.416 e. The molecule has 1 heterocycles. The minimum Gasteiger partial charge on any atom is -0.288 e. The molecule has 138 valence electrons. The van der Waals surface area contributed by atoms with E-state index >= 15 is 0 Å². The first-order valence-corrected chi connectivity index (χ1v) is 9.05. The van der Waals surface area contributed by atoms with Gasteiger partial charge < -0.3 is 0 Å². The van der Waals surface area contributed by atoms with Crippen molar-refractivity contribution in [3.8, 4) is 0 Å². The molecule has 0 radical (unpaired) electrons. The number of benzene rings is 3. The second kappa shape index (κ2) is 7.20. The third-order valence-electron chi connectivity index (χ3n) is 5.17. The van der Waals surface area contributed by atoms with Gasteiger partial charge in [-0.1, -0.05) is 66.7 Å². The van der Waals surface area contributed by atoms with Crippen molar-refractivity contribution in [3.63, 3.8) is 0 Å². The first-order valence-electron chi connectivity index (χ1n) is 9.05. The van der Waals surface area contributed by atoms with Crippen LogP contribution in [0.4, 0.5) is 13.2 Å². The lowest BCUT2D eigenvalue weighted by atomic mass is 9.87. The van der Waals surface area contributed by atoms with Gasteiger partial charge in [-0.25, -0.2) is 0 Å². The molecule has 1 aliphatic heterocycles. The highest BCUT2D eigenvalue weighted by atomic mass is 19.4. The van der Waals surface area contributed by atoms with Gasteiger partial charge in [0.1, 0.15) is 0 Å². The lowest BCUT2D eigenvalue weighted by Crippen LogP contribution is -2.35. The minimum atomic E-state index is -4.31. The molecule has 0 spiro atoms. The number of rotatable bonds is 3. The van der Waals surface area contributed by atoms with E-state index in [1.807, 2.05) is 30.3 Å². The van der Waals surface area contributed by atoms with E-state index in [1.54, 1.807) is 12.1 Å². The van der Waals surface area contributed by atoms with Gasteiger partial charge in [0.05, 0.1) is 11.6 Å². The highest BCUT2D eigenvalue weighted by Gasteiger charge is 2.32. The summed E-state index contributed by atoms with van der Waals surface area (Å²) >= 11 is 0. The monoisotopic (exact) mass is 367 g/mol. The van der Waals surface area contributed by atoms with Gasteiger partial charge in [-0.2, -0.15) is 13.2 Å². The SMILES string of the molecule is FC(F)(F)c1ccc(C2c3ccccc3CCN2Cc2ccccc2)cc1. The van der Waals surface area contributed by atoms with Crippen LogP contribution in [0.25, 0.3) is 0 Å². The Morgan fingerprint density at radius 1 is 0.815 bits per heavy atom. The molecule has 0 aromatic heterocycles. The summed E-state index contributed by atoms with van der Waals surface area (Å²) in [7, 11) is 0. The molecule has 3 aromatic rings. The van der Waals surface area contributed by atoms with Gasteiger partial charge in [0.25, 0.3) is 0 Å². The molecular formula is C23H20F3N. The molecule has 27 heavy (non-hydrogen) atoms. The van der Waals surface area contributed by atoms with E-state index in [9.17, 15) is 13.2 Å². The Labute approximate surface area is 157 Å². The van der Waals surface area contributed by atoms with E-state index in [-0.39, 0.29) is 6.04 Å². The summed E-state index contributed by atoms with van der Waals surface area (Å²) in [6, 6.07) is 24.0. The van der Waals surface area contributed by atoms with Gasteiger partial charge in [-0.15, -0.1) is 0 Å². The van der Waals surface area contributed by atoms with Crippen LogP contribution in [0.15, 0.2) is 78.9 Å². The standard InChI is InChI=1S/C23H20F3N/c24-23(25,26)20-12-10-19(11-13-20)22-21-9-5-4-8-18(21)14-15-27(22)16-17-6-2-1-3-7-17/h1-13,22H,14-16H2. The van der Waals surface area contributed by atoms with Crippen LogP contribution in [-0.2, 0) is 19.1 Å². The Morgan fingerprint density at radius 2 is 1.48 bits per heavy atom. The number of fused-ring (bicyclic) bond motifs is 1. The van der Waals surface area contributed by atoms with E-state index in [0.717, 1.165) is 25.1 Å². The highest BCUT2D eigenvalue weighted by Crippen LogP contribution is 2.37. The van der Waals surface area contributed by atoms with Crippen molar-refractivity contribution in [3.05, 3.63) is 107 Å². The van der Waals surface area contributed by atoms with Crippen LogP contribution in [0.1, 0.15) is 33.9 Å². The summed E-state index contributed by atoms with van der Waals surface area (Å²) in [5, 5.41) is 0. The molecular weight excluding hydrogens is 347 g/mol. The Bertz CT molecular complexity index is 901. The first-order chi connectivity index (χ1) is 13.0. The van der Waals surface area contributed by atoms with Crippen molar-refractivity contribution in [2.75, 3.05) is 6.54 Å². The molecule has 0 saturated heterocycles. The van der Waals surface area contributed by atoms with Gasteiger partial charge in [0, 0.05) is 13.1 Å². The Morgan fingerprint density at radius 3 is 2.19 bits per heavy atom. The highest BCUT2D eigenvalue weighted by molar-refractivity contribution is 5.41. The molecule has 0 fully saturated rings. The van der Waals surface area contributed by atoms with Gasteiger partial charge in [-0.3, -0.25) is 4.90 Å². The fraction of sp³-hybridized carbons (Fsp3) is 0.217. The number of hydrogen-bond acceptors (Lipinski definition) is 1. The fourth-order valence-electron chi connectivity index (χ4n) is 3.85. The lowest BCUT2D eigenvalue weighted by molar-refractivity contribution is -0.137. The summed E-state index contributed by atoms with van der Waals surface area (Å²) in [4.78, 5) is 2.35. The Hall–Kier alpha value is -2.59. The fourth-order valence-corrected chi connectivity index (χ4v) is 3.85. The zero-order valence-corrected chi connectivity index (χ0v) is 14.8. The van der Waals surface area contributed by atoms with Crippen LogP contribution in [0.5, 0.6) is 0 Å². The number of halogens is 3. The molecule has 0 N–H and O–H groups in total. The van der Waals surface area contributed by atoms with Crippen molar-refractivity contribution in [2.45, 2.75) is 25.2 Å². The van der Waals surface area contributed by atoms with Crippen LogP contribution in [-0.4, -0.2) is 11.4 Å². The van der Waals surface area contributed by atoms with Crippen LogP contribution >= 0.6 is 0 Å². The maximum Gasteiger partial charge on any atom is 0.416 e. The molecule has 1 unspecified atom stereocenters. The molecule has 4 rings (SSSR count). The van der Waals surface area contributed by atoms with Crippen LogP contribution in [0.3, 0.4) is 0 Å². The van der Waals surface area contributed by atoms with Crippen molar-refractivity contribution >= 4 is 0 Å². The molecule has 4 heteroatoms. The number of alkyl halides is 3. The first kappa shape index (κ1) is 17.8. The van der Waals surface area contributed by atoms with E-state index in [4.69, 9.17) is 0 Å². The predicted octanol–water partition coefficient (Wildman–Crippen LogP) is 5.85. The number of hydrogen-bond donors (Lipinski definition) is 0. The lowest BCUT2D eigenvalue weighted by Gasteiger charge is -2.38. The summed E-state index contributed by atoms with van der Waals surface area (Å²) in [5.74, 6) is 0. The third-order valence-corrected chi connectivity index (χ3v) is 5.17. The normalized spacial score (nSPS) is 17.5. The maximum absolute atomic E-state index is 13.0. The van der Waals surface area contributed by atoms with Crippen molar-refractivity contribution < 1.29 is 13.2 Å². The quantitative estimate of drug-likeness (QED) is 0.561. The zero-order chi connectivity index (χ0) is 18.9. The van der Waals surface area contributed by atoms with Crippen LogP contribution in [0, 0.1) is 0 Å². The van der Waals surface area contributed by atoms with E-state index in [2.05, 4.69) is 29.2 Å². The third kappa shape index (κ3) is 3.76. The van der Waals surface area contributed by atoms with Crippen molar-refractivity contribution in [1.82, 2.24) is 4.90 Å². The molecule has 1 aliphatic rings. The van der Waals surface area contributed by atoms with Crippen molar-refractivity contribution in [1.29, 1.82) is 0 Å². The maximum atomic E-state index is 13.0. The molecule has 0 aliphatic carbocycles. The van der Waals surface area contributed by atoms with Crippen LogP contribution in [0.2, 0.25) is 0 Å². The Kier molecular flexibility index (Phi) is 4.75. The molecule has 0 bridgehead atoms. The van der Waals surface area contributed by atoms with E-state index in [1.165, 1.54) is 28.8 Å².